The minimum atomic E-state index is -1.37. The Balaban J connectivity index is 0.00000406. The van der Waals surface area contributed by atoms with Gasteiger partial charge in [0.15, 0.2) is 5.79 Å². The summed E-state index contributed by atoms with van der Waals surface area (Å²) in [6.07, 6.45) is 5.51. The Bertz CT molecular complexity index is 1340. The number of carboxylic acids is 1. The molecule has 12 heteroatoms. The van der Waals surface area contributed by atoms with Crippen LogP contribution in [0.25, 0.3) is 0 Å². The molecule has 5 aliphatic heterocycles. The zero-order valence-electron chi connectivity index (χ0n) is 36.0. The number of aliphatic hydroxyl groups excluding tert-OH is 2. The molecule has 4 fully saturated rings. The van der Waals surface area contributed by atoms with Crippen LogP contribution < -0.4 is 29.6 Å². The summed E-state index contributed by atoms with van der Waals surface area (Å²) in [5.74, 6) is -5.78. The summed E-state index contributed by atoms with van der Waals surface area (Å²) in [6.45, 7) is 19.6. The molecule has 0 saturated carbocycles. The summed E-state index contributed by atoms with van der Waals surface area (Å²) in [5, 5.41) is 44.0. The van der Waals surface area contributed by atoms with Gasteiger partial charge in [0.25, 0.3) is 0 Å². The number of ketones is 1. The molecule has 54 heavy (non-hydrogen) atoms. The van der Waals surface area contributed by atoms with Gasteiger partial charge in [-0.15, -0.1) is 0 Å². The molecule has 5 rings (SSSR count). The summed E-state index contributed by atoms with van der Waals surface area (Å²) in [4.78, 5) is 26.4. The summed E-state index contributed by atoms with van der Waals surface area (Å²) >= 11 is 0. The predicted octanol–water partition coefficient (Wildman–Crippen LogP) is 3.30. The first-order valence-electron chi connectivity index (χ1n) is 20.7. The second-order valence-electron chi connectivity index (χ2n) is 17.9. The van der Waals surface area contributed by atoms with Gasteiger partial charge in [-0.1, -0.05) is 55.4 Å². The smallest absolute Gasteiger partial charge is 1.00 e. The van der Waals surface area contributed by atoms with Crippen LogP contribution in [0, 0.1) is 41.4 Å². The van der Waals surface area contributed by atoms with Crippen LogP contribution in [0.4, 0.5) is 0 Å². The van der Waals surface area contributed by atoms with Crippen LogP contribution in [0.3, 0.4) is 0 Å². The number of rotatable bonds is 12. The number of hydrogen-bond donors (Lipinski definition) is 4. The van der Waals surface area contributed by atoms with E-state index in [9.17, 15) is 30.0 Å². The first-order chi connectivity index (χ1) is 24.8. The van der Waals surface area contributed by atoms with E-state index in [1.165, 1.54) is 0 Å². The van der Waals surface area contributed by atoms with Gasteiger partial charge in [-0.3, -0.25) is 9.59 Å². The monoisotopic (exact) mass is 774 g/mol. The Hall–Kier alpha value is -0.440. The van der Waals surface area contributed by atoms with Gasteiger partial charge >= 0.3 is 35.5 Å². The summed E-state index contributed by atoms with van der Waals surface area (Å²) < 4.78 is 33.5. The summed E-state index contributed by atoms with van der Waals surface area (Å²) in [6, 6.07) is 0. The fourth-order valence-corrected chi connectivity index (χ4v) is 10.5. The van der Waals surface area contributed by atoms with Crippen molar-refractivity contribution in [2.45, 2.75) is 199 Å². The molecular formula is C42H71NaO11. The van der Waals surface area contributed by atoms with Gasteiger partial charge in [0.05, 0.1) is 53.7 Å². The van der Waals surface area contributed by atoms with Crippen molar-refractivity contribution < 1.29 is 84.7 Å². The fraction of sp³-hybridized carbons (Fsp3) is 0.905. The molecule has 2 spiro atoms. The zero-order valence-corrected chi connectivity index (χ0v) is 37.0. The molecule has 0 unspecified atom stereocenters. The van der Waals surface area contributed by atoms with Gasteiger partial charge in [-0.25, -0.2) is 0 Å². The molecule has 0 bridgehead atoms. The molecular weight excluding hydrogens is 703 g/mol. The quantitative estimate of drug-likeness (QED) is 0.170. The third kappa shape index (κ3) is 8.63. The Morgan fingerprint density at radius 1 is 0.907 bits per heavy atom. The Kier molecular flexibility index (Phi) is 15.3. The largest absolute Gasteiger partial charge is 1.00 e. The number of carbonyl (C=O) groups excluding carboxylic acids is 1. The number of hydrogen-bond acceptors (Lipinski definition) is 10. The van der Waals surface area contributed by atoms with E-state index in [1.807, 2.05) is 41.5 Å². The molecule has 5 aliphatic rings. The van der Waals surface area contributed by atoms with E-state index in [0.717, 1.165) is 6.42 Å². The van der Waals surface area contributed by atoms with Gasteiger partial charge in [0.2, 0.25) is 5.79 Å². The van der Waals surface area contributed by atoms with Crippen molar-refractivity contribution in [1.29, 1.82) is 0 Å². The van der Waals surface area contributed by atoms with Gasteiger partial charge in [0.1, 0.15) is 11.9 Å². The second-order valence-corrected chi connectivity index (χ2v) is 17.9. The SMILES string of the molecule is CC[C@@H](C(=O)[C@@H](C)[C@@H](O)[C@H](C)[C@@H]1O[C@@H]([C@@H](CC)C(=O)O)CC[C@@H]1C)[C@H]1O[C@]2(C=C[C@@H](O)[C@]3(CC[C@@](C)([C@H]4CC[C@](O)(CC)[C@H](C)O4)O3)O2)[C@H](C)C[C@@H]1C.[H-].[Na+]. The molecule has 0 aromatic carbocycles. The second kappa shape index (κ2) is 17.8. The van der Waals surface area contributed by atoms with Crippen molar-refractivity contribution in [2.75, 3.05) is 0 Å². The molecule has 0 radical (unpaired) electrons. The molecule has 0 amide bonds. The van der Waals surface area contributed by atoms with E-state index in [4.69, 9.17) is 23.7 Å². The minimum Gasteiger partial charge on any atom is -1.00 e. The Labute approximate surface area is 347 Å². The summed E-state index contributed by atoms with van der Waals surface area (Å²) in [5.41, 5.74) is -1.63. The number of carbonyl (C=O) groups is 2. The first kappa shape index (κ1) is 46.3. The van der Waals surface area contributed by atoms with Crippen molar-refractivity contribution in [3.63, 3.8) is 0 Å². The number of aliphatic hydroxyl groups is 3. The number of Topliss-reactive ketones (excluding diaryl/α,β-unsaturated/α-hetero) is 1. The molecule has 306 valence electrons. The van der Waals surface area contributed by atoms with E-state index < -0.39 is 76.8 Å². The van der Waals surface area contributed by atoms with Crippen molar-refractivity contribution >= 4 is 11.8 Å². The Morgan fingerprint density at radius 2 is 1.57 bits per heavy atom. The van der Waals surface area contributed by atoms with Crippen LogP contribution in [-0.4, -0.2) is 97.7 Å². The van der Waals surface area contributed by atoms with Gasteiger partial charge in [-0.2, -0.15) is 0 Å². The fourth-order valence-electron chi connectivity index (χ4n) is 10.5. The van der Waals surface area contributed by atoms with E-state index in [2.05, 4.69) is 20.8 Å². The van der Waals surface area contributed by atoms with Gasteiger partial charge < -0.3 is 45.5 Å². The van der Waals surface area contributed by atoms with Gasteiger partial charge in [-0.05, 0) is 95.6 Å². The molecule has 4 N–H and O–H groups in total. The average Bonchev–Trinajstić information content (AvgIpc) is 3.47. The van der Waals surface area contributed by atoms with Crippen molar-refractivity contribution in [3.05, 3.63) is 12.2 Å². The zero-order chi connectivity index (χ0) is 39.3. The normalized spacial score (nSPS) is 45.3. The summed E-state index contributed by atoms with van der Waals surface area (Å²) in [7, 11) is 0. The van der Waals surface area contributed by atoms with E-state index in [1.54, 1.807) is 19.1 Å². The molecule has 4 saturated heterocycles. The minimum absolute atomic E-state index is 0. The van der Waals surface area contributed by atoms with Crippen molar-refractivity contribution in [2.24, 2.45) is 41.4 Å². The van der Waals surface area contributed by atoms with Crippen molar-refractivity contribution in [3.8, 4) is 0 Å². The van der Waals surface area contributed by atoms with Crippen LogP contribution in [0.5, 0.6) is 0 Å². The maximum Gasteiger partial charge on any atom is 1.00 e. The maximum absolute atomic E-state index is 14.4. The van der Waals surface area contributed by atoms with Crippen molar-refractivity contribution in [1.82, 2.24) is 0 Å². The molecule has 18 atom stereocenters. The van der Waals surface area contributed by atoms with E-state index in [-0.39, 0.29) is 72.8 Å². The third-order valence-electron chi connectivity index (χ3n) is 14.4. The molecule has 0 aromatic rings. The van der Waals surface area contributed by atoms with E-state index in [0.29, 0.717) is 57.8 Å². The predicted molar refractivity (Wildman–Crippen MR) is 200 cm³/mol. The molecule has 0 aromatic heterocycles. The first-order valence-corrected chi connectivity index (χ1v) is 20.7. The van der Waals surface area contributed by atoms with Crippen LogP contribution >= 0.6 is 0 Å². The van der Waals surface area contributed by atoms with Crippen LogP contribution in [0.2, 0.25) is 0 Å². The van der Waals surface area contributed by atoms with Crippen LogP contribution in [0.1, 0.15) is 135 Å². The maximum atomic E-state index is 14.4. The molecule has 11 nitrogen and oxygen atoms in total. The average molecular weight is 775 g/mol. The number of aliphatic carboxylic acids is 1. The molecule has 0 aliphatic carbocycles. The van der Waals surface area contributed by atoms with E-state index >= 15 is 0 Å². The molecule has 5 heterocycles. The van der Waals surface area contributed by atoms with Gasteiger partial charge in [0, 0.05) is 30.1 Å². The number of carboxylic acid groups (broad SMARTS) is 1. The standard InChI is InChI=1S/C42H70O11.Na.H/c1-11-29(38(46)47)31-15-14-23(4)36(50-31)27(8)34(44)26(7)35(45)30(12-2)37-24(5)22-25(6)41(51-37)19-16-32(43)42(53-41)21-20-39(10,52-42)33-17-18-40(48,13-3)28(9)49-33;;/h16,19,23-34,36-37,43-44,48H,11-15,17-18,20-22H2,1-10H3,(H,46,47);;/q;+1;-1/t23-,24-,25+,26-,27-,28-,29+,30-,31+,32+,33+,34+,36+,37-,39-,40+,41-,42-;;/m0../s1. The van der Waals surface area contributed by atoms with Crippen LogP contribution in [-0.2, 0) is 33.3 Å². The van der Waals surface area contributed by atoms with Crippen LogP contribution in [0.15, 0.2) is 12.2 Å². The number of ether oxygens (including phenoxy) is 5. The third-order valence-corrected chi connectivity index (χ3v) is 14.4. The Morgan fingerprint density at radius 3 is 2.17 bits per heavy atom. The topological polar surface area (TPSA) is 161 Å².